The summed E-state index contributed by atoms with van der Waals surface area (Å²) in [4.78, 5) is 0. The Hall–Kier alpha value is -0.890. The average Bonchev–Trinajstić information content (AvgIpc) is 2.13. The second-order valence-corrected chi connectivity index (χ2v) is 3.79. The third-order valence-electron chi connectivity index (χ3n) is 1.85. The second-order valence-electron chi connectivity index (χ2n) is 2.94. The molecule has 0 aliphatic heterocycles. The Labute approximate surface area is 95.0 Å². The Morgan fingerprint density at radius 2 is 1.81 bits per heavy atom. The molecular formula is C8H5BrF5NO. The van der Waals surface area contributed by atoms with Crippen molar-refractivity contribution in [1.82, 2.24) is 0 Å². The van der Waals surface area contributed by atoms with E-state index in [9.17, 15) is 22.0 Å². The molecule has 1 aromatic rings. The lowest BCUT2D eigenvalue weighted by atomic mass is 10.1. The largest absolute Gasteiger partial charge is 0.504 e. The zero-order chi connectivity index (χ0) is 12.7. The highest BCUT2D eigenvalue weighted by Gasteiger charge is 2.41. The number of alkyl halides is 3. The number of benzene rings is 1. The van der Waals surface area contributed by atoms with Crippen LogP contribution in [0.3, 0.4) is 0 Å². The first-order valence-electron chi connectivity index (χ1n) is 3.85. The standard InChI is InChI=1S/C8H5BrF5NO/c9-2-1-3(10)5(11)6(16)4(2)7(15)8(12,13)14/h1,7,16H,15H2/t7-/m0/s1. The molecule has 0 unspecified atom stereocenters. The van der Waals surface area contributed by atoms with E-state index in [1.165, 1.54) is 0 Å². The summed E-state index contributed by atoms with van der Waals surface area (Å²) >= 11 is 2.58. The van der Waals surface area contributed by atoms with Gasteiger partial charge in [0.05, 0.1) is 0 Å². The van der Waals surface area contributed by atoms with E-state index in [0.717, 1.165) is 0 Å². The maximum absolute atomic E-state index is 12.9. The summed E-state index contributed by atoms with van der Waals surface area (Å²) in [5.74, 6) is -4.68. The first kappa shape index (κ1) is 13.2. The number of halogens is 6. The average molecular weight is 306 g/mol. The van der Waals surface area contributed by atoms with E-state index < -0.39 is 39.6 Å². The maximum Gasteiger partial charge on any atom is 0.407 e. The first-order valence-corrected chi connectivity index (χ1v) is 4.64. The van der Waals surface area contributed by atoms with Crippen molar-refractivity contribution in [2.75, 3.05) is 0 Å². The van der Waals surface area contributed by atoms with Crippen molar-refractivity contribution < 1.29 is 27.1 Å². The van der Waals surface area contributed by atoms with Crippen molar-refractivity contribution in [3.05, 3.63) is 27.7 Å². The number of hydrogen-bond donors (Lipinski definition) is 2. The van der Waals surface area contributed by atoms with Crippen molar-refractivity contribution in [3.63, 3.8) is 0 Å². The summed E-state index contributed by atoms with van der Waals surface area (Å²) in [6.45, 7) is 0. The Kier molecular flexibility index (Phi) is 3.44. The molecule has 2 nitrogen and oxygen atoms in total. The van der Waals surface area contributed by atoms with Crippen molar-refractivity contribution >= 4 is 15.9 Å². The van der Waals surface area contributed by atoms with Gasteiger partial charge in [0.2, 0.25) is 5.82 Å². The third-order valence-corrected chi connectivity index (χ3v) is 2.50. The van der Waals surface area contributed by atoms with Crippen LogP contribution in [0.4, 0.5) is 22.0 Å². The summed E-state index contributed by atoms with van der Waals surface area (Å²) in [6.07, 6.45) is -4.87. The first-order chi connectivity index (χ1) is 7.16. The van der Waals surface area contributed by atoms with Gasteiger partial charge in [-0.25, -0.2) is 4.39 Å². The predicted octanol–water partition coefficient (Wildman–Crippen LogP) is 3.00. The van der Waals surface area contributed by atoms with Gasteiger partial charge in [-0.3, -0.25) is 0 Å². The number of hydrogen-bond acceptors (Lipinski definition) is 2. The van der Waals surface area contributed by atoms with Gasteiger partial charge in [0.1, 0.15) is 6.04 Å². The van der Waals surface area contributed by atoms with Crippen LogP contribution in [0.5, 0.6) is 5.75 Å². The zero-order valence-corrected chi connectivity index (χ0v) is 9.03. The summed E-state index contributed by atoms with van der Waals surface area (Å²) in [5, 5.41) is 9.07. The van der Waals surface area contributed by atoms with Crippen LogP contribution in [0, 0.1) is 11.6 Å². The van der Waals surface area contributed by atoms with Crippen LogP contribution in [0.2, 0.25) is 0 Å². The number of phenols is 1. The molecule has 0 saturated carbocycles. The fourth-order valence-electron chi connectivity index (χ4n) is 1.06. The molecule has 0 radical (unpaired) electrons. The molecule has 0 amide bonds. The van der Waals surface area contributed by atoms with Crippen molar-refractivity contribution in [3.8, 4) is 5.75 Å². The van der Waals surface area contributed by atoms with Crippen molar-refractivity contribution in [2.24, 2.45) is 5.73 Å². The molecule has 8 heteroatoms. The molecule has 16 heavy (non-hydrogen) atoms. The van der Waals surface area contributed by atoms with Crippen LogP contribution in [-0.2, 0) is 0 Å². The SMILES string of the molecule is N[C@@H](c1c(Br)cc(F)c(F)c1O)C(F)(F)F. The molecule has 0 bridgehead atoms. The van der Waals surface area contributed by atoms with E-state index >= 15 is 0 Å². The maximum atomic E-state index is 12.9. The highest BCUT2D eigenvalue weighted by Crippen LogP contribution is 2.41. The molecule has 0 heterocycles. The van der Waals surface area contributed by atoms with Gasteiger partial charge in [0, 0.05) is 10.0 Å². The van der Waals surface area contributed by atoms with Crippen molar-refractivity contribution in [1.29, 1.82) is 0 Å². The molecule has 0 aliphatic carbocycles. The van der Waals surface area contributed by atoms with Gasteiger partial charge < -0.3 is 10.8 Å². The van der Waals surface area contributed by atoms with E-state index in [1.807, 2.05) is 0 Å². The molecule has 0 aliphatic rings. The van der Waals surface area contributed by atoms with E-state index in [4.69, 9.17) is 10.8 Å². The fraction of sp³-hybridized carbons (Fsp3) is 0.250. The Bertz CT molecular complexity index is 420. The number of rotatable bonds is 1. The van der Waals surface area contributed by atoms with Gasteiger partial charge in [-0.05, 0) is 6.07 Å². The highest BCUT2D eigenvalue weighted by atomic mass is 79.9. The molecular weight excluding hydrogens is 301 g/mol. The molecule has 0 fully saturated rings. The minimum Gasteiger partial charge on any atom is -0.504 e. The van der Waals surface area contributed by atoms with Gasteiger partial charge in [-0.2, -0.15) is 17.6 Å². The monoisotopic (exact) mass is 305 g/mol. The lowest BCUT2D eigenvalue weighted by Crippen LogP contribution is -2.29. The van der Waals surface area contributed by atoms with Gasteiger partial charge in [0.15, 0.2) is 11.6 Å². The number of aromatic hydroxyl groups is 1. The molecule has 0 spiro atoms. The van der Waals surface area contributed by atoms with Gasteiger partial charge in [0.25, 0.3) is 0 Å². The quantitative estimate of drug-likeness (QED) is 0.619. The van der Waals surface area contributed by atoms with Crippen LogP contribution in [0.1, 0.15) is 11.6 Å². The lowest BCUT2D eigenvalue weighted by molar-refractivity contribution is -0.149. The van der Waals surface area contributed by atoms with Crippen molar-refractivity contribution in [2.45, 2.75) is 12.2 Å². The topological polar surface area (TPSA) is 46.2 Å². The number of nitrogens with two attached hydrogens (primary N) is 1. The minimum atomic E-state index is -4.87. The molecule has 0 saturated heterocycles. The Balaban J connectivity index is 3.40. The summed E-state index contributed by atoms with van der Waals surface area (Å²) in [5.41, 5.74) is 3.85. The molecule has 1 aromatic carbocycles. The summed E-state index contributed by atoms with van der Waals surface area (Å²) in [7, 11) is 0. The summed E-state index contributed by atoms with van der Waals surface area (Å²) in [6, 6.07) is -2.13. The van der Waals surface area contributed by atoms with Gasteiger partial charge >= 0.3 is 6.18 Å². The van der Waals surface area contributed by atoms with E-state index in [1.54, 1.807) is 0 Å². The van der Waals surface area contributed by atoms with E-state index in [-0.39, 0.29) is 0 Å². The van der Waals surface area contributed by atoms with Crippen LogP contribution in [-0.4, -0.2) is 11.3 Å². The van der Waals surface area contributed by atoms with E-state index in [0.29, 0.717) is 6.07 Å². The zero-order valence-electron chi connectivity index (χ0n) is 7.45. The highest BCUT2D eigenvalue weighted by molar-refractivity contribution is 9.10. The molecule has 1 atom stereocenters. The Morgan fingerprint density at radius 1 is 1.31 bits per heavy atom. The fourth-order valence-corrected chi connectivity index (χ4v) is 1.69. The van der Waals surface area contributed by atoms with E-state index in [2.05, 4.69) is 15.9 Å². The van der Waals surface area contributed by atoms with Crippen LogP contribution >= 0.6 is 15.9 Å². The van der Waals surface area contributed by atoms with Crippen LogP contribution in [0.15, 0.2) is 10.5 Å². The molecule has 0 aromatic heterocycles. The second kappa shape index (κ2) is 4.17. The molecule has 90 valence electrons. The third kappa shape index (κ3) is 2.27. The predicted molar refractivity (Wildman–Crippen MR) is 48.7 cm³/mol. The van der Waals surface area contributed by atoms with Gasteiger partial charge in [-0.15, -0.1) is 0 Å². The number of phenolic OH excluding ortho intramolecular Hbond substituents is 1. The van der Waals surface area contributed by atoms with Crippen LogP contribution < -0.4 is 5.73 Å². The Morgan fingerprint density at radius 3 is 2.25 bits per heavy atom. The van der Waals surface area contributed by atoms with Crippen LogP contribution in [0.25, 0.3) is 0 Å². The normalized spacial score (nSPS) is 13.9. The van der Waals surface area contributed by atoms with Gasteiger partial charge in [-0.1, -0.05) is 15.9 Å². The molecule has 1 rings (SSSR count). The molecule has 3 N–H and O–H groups in total. The summed E-state index contributed by atoms with van der Waals surface area (Å²) < 4.78 is 61.9. The smallest absolute Gasteiger partial charge is 0.407 e. The minimum absolute atomic E-state index is 0.450. The lowest BCUT2D eigenvalue weighted by Gasteiger charge is -2.18.